The van der Waals surface area contributed by atoms with Crippen molar-refractivity contribution in [1.82, 2.24) is 19.6 Å². The maximum absolute atomic E-state index is 12.6. The first kappa shape index (κ1) is 18.4. The standard InChI is InChI=1S/C19H23N5OS/c1-10-7-8-11(2)16(9-10)21-17(25)15(6)26-19-22-18-20-13(4)12(3)14(5)24(18)23-19/h7-9,15H,1-6H3,(H,21,25)/t15-/m1/s1. The molecule has 1 amide bonds. The van der Waals surface area contributed by atoms with Gasteiger partial charge in [-0.05, 0) is 64.3 Å². The minimum Gasteiger partial charge on any atom is -0.325 e. The lowest BCUT2D eigenvalue weighted by molar-refractivity contribution is -0.115. The number of hydrogen-bond donors (Lipinski definition) is 1. The summed E-state index contributed by atoms with van der Waals surface area (Å²) in [6, 6.07) is 6.02. The van der Waals surface area contributed by atoms with E-state index in [9.17, 15) is 4.79 Å². The van der Waals surface area contributed by atoms with Crippen LogP contribution >= 0.6 is 11.8 Å². The molecule has 136 valence electrons. The minimum absolute atomic E-state index is 0.0698. The Hall–Kier alpha value is -2.41. The normalized spacial score (nSPS) is 12.4. The summed E-state index contributed by atoms with van der Waals surface area (Å²) in [5.41, 5.74) is 6.05. The molecule has 2 aromatic heterocycles. The fourth-order valence-electron chi connectivity index (χ4n) is 2.60. The first-order valence-corrected chi connectivity index (χ1v) is 9.39. The second-order valence-electron chi connectivity index (χ2n) is 6.58. The number of aryl methyl sites for hydroxylation is 4. The Kier molecular flexibility index (Phi) is 5.00. The van der Waals surface area contributed by atoms with Crippen molar-refractivity contribution in [2.45, 2.75) is 51.9 Å². The van der Waals surface area contributed by atoms with Gasteiger partial charge in [0.2, 0.25) is 11.1 Å². The van der Waals surface area contributed by atoms with E-state index < -0.39 is 0 Å². The second kappa shape index (κ2) is 7.07. The van der Waals surface area contributed by atoms with E-state index in [1.54, 1.807) is 4.52 Å². The van der Waals surface area contributed by atoms with Crippen LogP contribution in [0.2, 0.25) is 0 Å². The Morgan fingerprint density at radius 2 is 1.88 bits per heavy atom. The third kappa shape index (κ3) is 3.58. The fourth-order valence-corrected chi connectivity index (χ4v) is 3.35. The number of amides is 1. The van der Waals surface area contributed by atoms with Gasteiger partial charge in [0.25, 0.3) is 5.78 Å². The van der Waals surface area contributed by atoms with Gasteiger partial charge in [-0.15, -0.1) is 5.10 Å². The van der Waals surface area contributed by atoms with Crippen LogP contribution < -0.4 is 5.32 Å². The first-order chi connectivity index (χ1) is 12.3. The van der Waals surface area contributed by atoms with Crippen LogP contribution in [0.1, 0.15) is 35.0 Å². The summed E-state index contributed by atoms with van der Waals surface area (Å²) in [7, 11) is 0. The summed E-state index contributed by atoms with van der Waals surface area (Å²) in [6.45, 7) is 11.8. The zero-order valence-corrected chi connectivity index (χ0v) is 16.7. The predicted molar refractivity (Wildman–Crippen MR) is 105 cm³/mol. The second-order valence-corrected chi connectivity index (χ2v) is 7.89. The van der Waals surface area contributed by atoms with Crippen LogP contribution in [0.25, 0.3) is 5.78 Å². The molecule has 1 N–H and O–H groups in total. The molecule has 0 saturated heterocycles. The van der Waals surface area contributed by atoms with Gasteiger partial charge in [-0.25, -0.2) is 9.50 Å². The highest BCUT2D eigenvalue weighted by Crippen LogP contribution is 2.24. The molecule has 3 aromatic rings. The van der Waals surface area contributed by atoms with Gasteiger partial charge in [0, 0.05) is 17.1 Å². The molecule has 0 spiro atoms. The molecule has 0 aliphatic rings. The molecule has 3 rings (SSSR count). The molecule has 0 radical (unpaired) electrons. The van der Waals surface area contributed by atoms with E-state index >= 15 is 0 Å². The number of thioether (sulfide) groups is 1. The molecule has 2 heterocycles. The predicted octanol–water partition coefficient (Wildman–Crippen LogP) is 3.79. The highest BCUT2D eigenvalue weighted by atomic mass is 32.2. The average molecular weight is 369 g/mol. The third-order valence-electron chi connectivity index (χ3n) is 4.54. The quantitative estimate of drug-likeness (QED) is 0.709. The van der Waals surface area contributed by atoms with E-state index in [0.717, 1.165) is 33.8 Å². The van der Waals surface area contributed by atoms with Crippen molar-refractivity contribution in [2.75, 3.05) is 5.32 Å². The average Bonchev–Trinajstić information content (AvgIpc) is 2.98. The van der Waals surface area contributed by atoms with Crippen molar-refractivity contribution in [3.63, 3.8) is 0 Å². The number of carbonyl (C=O) groups is 1. The van der Waals surface area contributed by atoms with Crippen LogP contribution in [-0.4, -0.2) is 30.7 Å². The number of carbonyl (C=O) groups excluding carboxylic acids is 1. The number of anilines is 1. The third-order valence-corrected chi connectivity index (χ3v) is 5.50. The van der Waals surface area contributed by atoms with Crippen LogP contribution in [0.15, 0.2) is 23.4 Å². The van der Waals surface area contributed by atoms with Crippen molar-refractivity contribution < 1.29 is 4.79 Å². The molecular formula is C19H23N5OS. The molecule has 1 atom stereocenters. The molecule has 26 heavy (non-hydrogen) atoms. The topological polar surface area (TPSA) is 72.2 Å². The number of nitrogens with one attached hydrogen (secondary N) is 1. The first-order valence-electron chi connectivity index (χ1n) is 8.51. The van der Waals surface area contributed by atoms with Gasteiger partial charge in [0.15, 0.2) is 0 Å². The van der Waals surface area contributed by atoms with Crippen LogP contribution in [0.3, 0.4) is 0 Å². The van der Waals surface area contributed by atoms with Crippen molar-refractivity contribution in [1.29, 1.82) is 0 Å². The summed E-state index contributed by atoms with van der Waals surface area (Å²) in [6.07, 6.45) is 0. The van der Waals surface area contributed by atoms with Gasteiger partial charge >= 0.3 is 0 Å². The van der Waals surface area contributed by atoms with Gasteiger partial charge in [0.05, 0.1) is 5.25 Å². The Balaban J connectivity index is 1.78. The number of aromatic nitrogens is 4. The monoisotopic (exact) mass is 369 g/mol. The van der Waals surface area contributed by atoms with E-state index in [1.165, 1.54) is 11.8 Å². The minimum atomic E-state index is -0.324. The molecule has 0 aliphatic heterocycles. The molecule has 0 aliphatic carbocycles. The van der Waals surface area contributed by atoms with Crippen molar-refractivity contribution in [3.05, 3.63) is 46.3 Å². The Bertz CT molecular complexity index is 995. The Morgan fingerprint density at radius 1 is 1.15 bits per heavy atom. The summed E-state index contributed by atoms with van der Waals surface area (Å²) in [4.78, 5) is 21.5. The number of fused-ring (bicyclic) bond motifs is 1. The highest BCUT2D eigenvalue weighted by molar-refractivity contribution is 8.00. The number of benzene rings is 1. The van der Waals surface area contributed by atoms with Crippen LogP contribution in [0.4, 0.5) is 5.69 Å². The molecule has 0 fully saturated rings. The van der Waals surface area contributed by atoms with E-state index in [1.807, 2.05) is 59.7 Å². The fraction of sp³-hybridized carbons (Fsp3) is 0.368. The van der Waals surface area contributed by atoms with Crippen molar-refractivity contribution in [3.8, 4) is 0 Å². The van der Waals surface area contributed by atoms with Crippen LogP contribution in [-0.2, 0) is 4.79 Å². The molecule has 6 nitrogen and oxygen atoms in total. The van der Waals surface area contributed by atoms with Crippen LogP contribution in [0, 0.1) is 34.6 Å². The van der Waals surface area contributed by atoms with Crippen molar-refractivity contribution in [2.24, 2.45) is 0 Å². The Morgan fingerprint density at radius 3 is 2.62 bits per heavy atom. The zero-order valence-electron chi connectivity index (χ0n) is 15.9. The van der Waals surface area contributed by atoms with Crippen LogP contribution in [0.5, 0.6) is 0 Å². The highest BCUT2D eigenvalue weighted by Gasteiger charge is 2.19. The van der Waals surface area contributed by atoms with Gasteiger partial charge in [0.1, 0.15) is 0 Å². The summed E-state index contributed by atoms with van der Waals surface area (Å²) in [5, 5.41) is 7.72. The SMILES string of the molecule is Cc1ccc(C)c(NC(=O)[C@@H](C)Sc2nc3nc(C)c(C)c(C)n3n2)c1. The van der Waals surface area contributed by atoms with Gasteiger partial charge in [-0.1, -0.05) is 23.9 Å². The lowest BCUT2D eigenvalue weighted by Gasteiger charge is -2.12. The molecular weight excluding hydrogens is 346 g/mol. The van der Waals surface area contributed by atoms with E-state index in [2.05, 4.69) is 20.4 Å². The lowest BCUT2D eigenvalue weighted by Crippen LogP contribution is -2.23. The largest absolute Gasteiger partial charge is 0.325 e. The maximum atomic E-state index is 12.6. The van der Waals surface area contributed by atoms with E-state index in [4.69, 9.17) is 0 Å². The number of rotatable bonds is 4. The van der Waals surface area contributed by atoms with Gasteiger partial charge < -0.3 is 5.32 Å². The van der Waals surface area contributed by atoms with Gasteiger partial charge in [-0.2, -0.15) is 4.98 Å². The van der Waals surface area contributed by atoms with E-state index in [-0.39, 0.29) is 11.2 Å². The Labute approximate surface area is 157 Å². The molecule has 0 unspecified atom stereocenters. The maximum Gasteiger partial charge on any atom is 0.253 e. The number of hydrogen-bond acceptors (Lipinski definition) is 5. The number of nitrogens with zero attached hydrogens (tertiary/aromatic N) is 4. The summed E-state index contributed by atoms with van der Waals surface area (Å²) in [5.74, 6) is 0.495. The van der Waals surface area contributed by atoms with Crippen molar-refractivity contribution >= 4 is 29.1 Å². The van der Waals surface area contributed by atoms with Gasteiger partial charge in [-0.3, -0.25) is 4.79 Å². The summed E-state index contributed by atoms with van der Waals surface area (Å²) < 4.78 is 1.74. The molecule has 0 saturated carbocycles. The van der Waals surface area contributed by atoms with E-state index in [0.29, 0.717) is 10.9 Å². The zero-order chi connectivity index (χ0) is 19.0. The summed E-state index contributed by atoms with van der Waals surface area (Å²) >= 11 is 1.33. The smallest absolute Gasteiger partial charge is 0.253 e. The molecule has 7 heteroatoms. The molecule has 1 aromatic carbocycles. The lowest BCUT2D eigenvalue weighted by atomic mass is 10.1. The molecule has 0 bridgehead atoms.